The summed E-state index contributed by atoms with van der Waals surface area (Å²) in [6.07, 6.45) is 0.251. The number of rotatable bonds is 4. The minimum absolute atomic E-state index is 0.171. The lowest BCUT2D eigenvalue weighted by Gasteiger charge is -2.16. The second-order valence-electron chi connectivity index (χ2n) is 4.66. The SMILES string of the molecule is COc1ccc(C(=O)N2CCC(C(Cl)C(=O)O)C2=O)cc1. The molecule has 1 saturated heterocycles. The number of hydrogen-bond acceptors (Lipinski definition) is 4. The number of carbonyl (C=O) groups excluding carboxylic acids is 2. The number of alkyl halides is 1. The van der Waals surface area contributed by atoms with Crippen LogP contribution in [0.4, 0.5) is 0 Å². The maximum Gasteiger partial charge on any atom is 0.322 e. The molecule has 1 heterocycles. The molecule has 0 spiro atoms. The zero-order valence-electron chi connectivity index (χ0n) is 11.3. The van der Waals surface area contributed by atoms with Gasteiger partial charge in [-0.1, -0.05) is 0 Å². The molecule has 2 rings (SSSR count). The summed E-state index contributed by atoms with van der Waals surface area (Å²) in [5.41, 5.74) is 0.339. The Morgan fingerprint density at radius 3 is 2.52 bits per heavy atom. The van der Waals surface area contributed by atoms with Crippen molar-refractivity contribution in [1.29, 1.82) is 0 Å². The summed E-state index contributed by atoms with van der Waals surface area (Å²) in [6.45, 7) is 0.171. The van der Waals surface area contributed by atoms with E-state index in [1.54, 1.807) is 24.3 Å². The highest BCUT2D eigenvalue weighted by Crippen LogP contribution is 2.26. The van der Waals surface area contributed by atoms with Crippen LogP contribution in [0, 0.1) is 5.92 Å². The van der Waals surface area contributed by atoms with E-state index in [1.165, 1.54) is 7.11 Å². The Morgan fingerprint density at radius 1 is 1.38 bits per heavy atom. The highest BCUT2D eigenvalue weighted by Gasteiger charge is 2.42. The quantitative estimate of drug-likeness (QED) is 0.671. The van der Waals surface area contributed by atoms with Crippen molar-refractivity contribution >= 4 is 29.4 Å². The standard InChI is InChI=1S/C14H14ClNO5/c1-21-9-4-2-8(3-5-9)12(17)16-7-6-10(13(16)18)11(15)14(19)20/h2-5,10-11H,6-7H2,1H3,(H,19,20). The van der Waals surface area contributed by atoms with E-state index in [2.05, 4.69) is 0 Å². The van der Waals surface area contributed by atoms with Crippen LogP contribution in [-0.2, 0) is 9.59 Å². The van der Waals surface area contributed by atoms with Gasteiger partial charge in [0, 0.05) is 12.1 Å². The van der Waals surface area contributed by atoms with Crippen molar-refractivity contribution in [2.24, 2.45) is 5.92 Å². The predicted octanol–water partition coefficient (Wildman–Crippen LogP) is 1.38. The summed E-state index contributed by atoms with van der Waals surface area (Å²) < 4.78 is 5.00. The van der Waals surface area contributed by atoms with Crippen molar-refractivity contribution < 1.29 is 24.2 Å². The first kappa shape index (κ1) is 15.3. The van der Waals surface area contributed by atoms with Crippen LogP contribution < -0.4 is 4.74 Å². The largest absolute Gasteiger partial charge is 0.497 e. The Kier molecular flexibility index (Phi) is 4.47. The zero-order chi connectivity index (χ0) is 15.6. The van der Waals surface area contributed by atoms with E-state index in [4.69, 9.17) is 21.4 Å². The Hall–Kier alpha value is -2.08. The number of halogens is 1. The third-order valence-electron chi connectivity index (χ3n) is 3.42. The number of carboxylic acids is 1. The Bertz CT molecular complexity index is 571. The maximum absolute atomic E-state index is 12.3. The van der Waals surface area contributed by atoms with E-state index in [0.29, 0.717) is 11.3 Å². The third-order valence-corrected chi connectivity index (χ3v) is 3.91. The van der Waals surface area contributed by atoms with Gasteiger partial charge in [0.05, 0.1) is 13.0 Å². The van der Waals surface area contributed by atoms with Gasteiger partial charge in [-0.3, -0.25) is 19.3 Å². The smallest absolute Gasteiger partial charge is 0.322 e. The van der Waals surface area contributed by atoms with Crippen LogP contribution in [0.2, 0.25) is 0 Å². The molecule has 1 aliphatic heterocycles. The van der Waals surface area contributed by atoms with Gasteiger partial charge in [0.1, 0.15) is 11.1 Å². The minimum atomic E-state index is -1.31. The molecule has 7 heteroatoms. The molecule has 0 radical (unpaired) electrons. The minimum Gasteiger partial charge on any atom is -0.497 e. The van der Waals surface area contributed by atoms with E-state index < -0.39 is 29.1 Å². The molecule has 0 saturated carbocycles. The van der Waals surface area contributed by atoms with Crippen molar-refractivity contribution in [3.63, 3.8) is 0 Å². The average Bonchev–Trinajstić information content (AvgIpc) is 2.87. The van der Waals surface area contributed by atoms with Gasteiger partial charge < -0.3 is 9.84 Å². The van der Waals surface area contributed by atoms with E-state index in [1.807, 2.05) is 0 Å². The van der Waals surface area contributed by atoms with Gasteiger partial charge in [-0.05, 0) is 30.7 Å². The van der Waals surface area contributed by atoms with E-state index in [0.717, 1.165) is 4.90 Å². The van der Waals surface area contributed by atoms with E-state index >= 15 is 0 Å². The van der Waals surface area contributed by atoms with Gasteiger partial charge in [0.2, 0.25) is 5.91 Å². The monoisotopic (exact) mass is 311 g/mol. The van der Waals surface area contributed by atoms with Gasteiger partial charge in [-0.2, -0.15) is 0 Å². The molecule has 21 heavy (non-hydrogen) atoms. The summed E-state index contributed by atoms with van der Waals surface area (Å²) in [5.74, 6) is -2.53. The molecule has 112 valence electrons. The van der Waals surface area contributed by atoms with Crippen molar-refractivity contribution in [1.82, 2.24) is 4.90 Å². The first-order valence-electron chi connectivity index (χ1n) is 6.32. The highest BCUT2D eigenvalue weighted by molar-refractivity contribution is 6.31. The number of methoxy groups -OCH3 is 1. The highest BCUT2D eigenvalue weighted by atomic mass is 35.5. The summed E-state index contributed by atoms with van der Waals surface area (Å²) in [7, 11) is 1.51. The number of amides is 2. The topological polar surface area (TPSA) is 83.9 Å². The molecule has 6 nitrogen and oxygen atoms in total. The number of aliphatic carboxylic acids is 1. The van der Waals surface area contributed by atoms with Gasteiger partial charge in [-0.15, -0.1) is 11.6 Å². The number of nitrogens with zero attached hydrogens (tertiary/aromatic N) is 1. The number of benzene rings is 1. The average molecular weight is 312 g/mol. The van der Waals surface area contributed by atoms with Crippen LogP contribution in [0.15, 0.2) is 24.3 Å². The van der Waals surface area contributed by atoms with Gasteiger partial charge >= 0.3 is 5.97 Å². The molecule has 2 atom stereocenters. The van der Waals surface area contributed by atoms with Crippen LogP contribution in [-0.4, -0.2) is 46.8 Å². The van der Waals surface area contributed by atoms with Gasteiger partial charge in [0.25, 0.3) is 5.91 Å². The van der Waals surface area contributed by atoms with Gasteiger partial charge in [0.15, 0.2) is 0 Å². The first-order chi connectivity index (χ1) is 9.95. The summed E-state index contributed by atoms with van der Waals surface area (Å²) >= 11 is 5.70. The number of likely N-dealkylation sites (tertiary alicyclic amines) is 1. The molecular formula is C14H14ClNO5. The molecule has 2 unspecified atom stereocenters. The molecule has 1 N–H and O–H groups in total. The molecule has 1 aliphatic rings. The van der Waals surface area contributed by atoms with E-state index in [9.17, 15) is 14.4 Å². The van der Waals surface area contributed by atoms with Gasteiger partial charge in [-0.25, -0.2) is 0 Å². The fourth-order valence-electron chi connectivity index (χ4n) is 2.24. The fourth-order valence-corrected chi connectivity index (χ4v) is 2.47. The second kappa shape index (κ2) is 6.13. The second-order valence-corrected chi connectivity index (χ2v) is 5.13. The molecular weight excluding hydrogens is 298 g/mol. The Morgan fingerprint density at radius 2 is 2.00 bits per heavy atom. The van der Waals surface area contributed by atoms with Crippen molar-refractivity contribution in [3.8, 4) is 5.75 Å². The van der Waals surface area contributed by atoms with Crippen LogP contribution in [0.1, 0.15) is 16.8 Å². The maximum atomic E-state index is 12.3. The number of hydrogen-bond donors (Lipinski definition) is 1. The number of imide groups is 1. The molecule has 0 aromatic heterocycles. The lowest BCUT2D eigenvalue weighted by molar-refractivity contribution is -0.141. The summed E-state index contributed by atoms with van der Waals surface area (Å²) in [5, 5.41) is 7.54. The Labute approximate surface area is 126 Å². The zero-order valence-corrected chi connectivity index (χ0v) is 12.0. The summed E-state index contributed by atoms with van der Waals surface area (Å²) in [6, 6.07) is 6.34. The Balaban J connectivity index is 2.13. The van der Waals surface area contributed by atoms with Crippen LogP contribution in [0.5, 0.6) is 5.75 Å². The third kappa shape index (κ3) is 3.00. The predicted molar refractivity (Wildman–Crippen MR) is 74.4 cm³/mol. The fraction of sp³-hybridized carbons (Fsp3) is 0.357. The number of carbonyl (C=O) groups is 3. The van der Waals surface area contributed by atoms with Crippen molar-refractivity contribution in [3.05, 3.63) is 29.8 Å². The number of ether oxygens (including phenoxy) is 1. The molecule has 0 bridgehead atoms. The normalized spacial score (nSPS) is 19.4. The number of carboxylic acid groups (broad SMARTS) is 1. The van der Waals surface area contributed by atoms with Crippen LogP contribution in [0.3, 0.4) is 0 Å². The lowest BCUT2D eigenvalue weighted by Crippen LogP contribution is -2.37. The molecule has 1 aromatic rings. The van der Waals surface area contributed by atoms with E-state index in [-0.39, 0.29) is 13.0 Å². The van der Waals surface area contributed by atoms with Crippen LogP contribution in [0.25, 0.3) is 0 Å². The molecule has 1 aromatic carbocycles. The van der Waals surface area contributed by atoms with Crippen molar-refractivity contribution in [2.75, 3.05) is 13.7 Å². The van der Waals surface area contributed by atoms with Crippen LogP contribution >= 0.6 is 11.6 Å². The van der Waals surface area contributed by atoms with Crippen molar-refractivity contribution in [2.45, 2.75) is 11.8 Å². The molecule has 1 fully saturated rings. The lowest BCUT2D eigenvalue weighted by atomic mass is 10.0. The summed E-state index contributed by atoms with van der Waals surface area (Å²) in [4.78, 5) is 36.3. The molecule has 2 amide bonds. The molecule has 0 aliphatic carbocycles. The first-order valence-corrected chi connectivity index (χ1v) is 6.76.